The Balaban J connectivity index is 2.08. The van der Waals surface area contributed by atoms with Gasteiger partial charge < -0.3 is 15.8 Å². The van der Waals surface area contributed by atoms with Gasteiger partial charge in [0.05, 0.1) is 6.10 Å². The largest absolute Gasteiger partial charge is 0.378 e. The summed E-state index contributed by atoms with van der Waals surface area (Å²) in [6, 6.07) is 3.78. The van der Waals surface area contributed by atoms with Gasteiger partial charge in [0.15, 0.2) is 0 Å². The van der Waals surface area contributed by atoms with E-state index >= 15 is 0 Å². The van der Waals surface area contributed by atoms with Crippen molar-refractivity contribution in [3.05, 3.63) is 34.1 Å². The molecule has 1 aliphatic rings. The standard InChI is InChI=1S/C16H22BrFN2O2/c1-9(2)15-10(5-6-22-15)8-20-14(16(19)21)12-4-3-11(17)7-13(12)18/h3-4,7,9-10,14-15,20H,5-6,8H2,1-2H3,(H2,19,21)/t10-,14-,15-/m1/s1. The van der Waals surface area contributed by atoms with Crippen molar-refractivity contribution in [1.82, 2.24) is 5.32 Å². The molecule has 3 N–H and O–H groups in total. The highest BCUT2D eigenvalue weighted by molar-refractivity contribution is 9.10. The third-order valence-corrected chi connectivity index (χ3v) is 4.56. The first-order chi connectivity index (χ1) is 10.4. The third-order valence-electron chi connectivity index (χ3n) is 4.06. The van der Waals surface area contributed by atoms with Gasteiger partial charge in [-0.05, 0) is 24.5 Å². The minimum Gasteiger partial charge on any atom is -0.378 e. The molecule has 1 aromatic carbocycles. The quantitative estimate of drug-likeness (QED) is 0.806. The number of ether oxygens (including phenoxy) is 1. The first-order valence-electron chi connectivity index (χ1n) is 7.49. The summed E-state index contributed by atoms with van der Waals surface area (Å²) >= 11 is 3.21. The third kappa shape index (κ3) is 4.06. The van der Waals surface area contributed by atoms with Gasteiger partial charge in [-0.1, -0.05) is 35.8 Å². The van der Waals surface area contributed by atoms with Gasteiger partial charge in [-0.25, -0.2) is 4.39 Å². The van der Waals surface area contributed by atoms with Crippen LogP contribution in [0.1, 0.15) is 31.9 Å². The molecule has 0 saturated carbocycles. The second kappa shape index (κ2) is 7.53. The molecule has 1 amide bonds. The van der Waals surface area contributed by atoms with Gasteiger partial charge in [0, 0.05) is 29.1 Å². The summed E-state index contributed by atoms with van der Waals surface area (Å²) in [6.45, 7) is 5.53. The van der Waals surface area contributed by atoms with Crippen LogP contribution in [0.5, 0.6) is 0 Å². The van der Waals surface area contributed by atoms with Gasteiger partial charge in [0.1, 0.15) is 11.9 Å². The number of halogens is 2. The fraction of sp³-hybridized carbons (Fsp3) is 0.562. The van der Waals surface area contributed by atoms with Crippen LogP contribution in [0, 0.1) is 17.7 Å². The summed E-state index contributed by atoms with van der Waals surface area (Å²) in [4.78, 5) is 11.7. The molecule has 0 aliphatic carbocycles. The predicted octanol–water partition coefficient (Wildman–Crippen LogP) is 2.77. The lowest BCUT2D eigenvalue weighted by atomic mass is 9.92. The number of carbonyl (C=O) groups excluding carboxylic acids is 1. The molecule has 2 rings (SSSR count). The molecule has 1 aromatic rings. The van der Waals surface area contributed by atoms with Gasteiger partial charge in [-0.3, -0.25) is 4.79 Å². The molecule has 0 radical (unpaired) electrons. The van der Waals surface area contributed by atoms with E-state index in [2.05, 4.69) is 35.1 Å². The number of carbonyl (C=O) groups is 1. The zero-order chi connectivity index (χ0) is 16.3. The molecule has 6 heteroatoms. The molecule has 1 aliphatic heterocycles. The molecular formula is C16H22BrFN2O2. The van der Waals surface area contributed by atoms with E-state index in [-0.39, 0.29) is 11.7 Å². The van der Waals surface area contributed by atoms with Crippen LogP contribution in [-0.2, 0) is 9.53 Å². The summed E-state index contributed by atoms with van der Waals surface area (Å²) in [5.74, 6) is -0.318. The van der Waals surface area contributed by atoms with Gasteiger partial charge in [0.2, 0.25) is 5.91 Å². The Morgan fingerprint density at radius 3 is 2.86 bits per heavy atom. The number of nitrogens with one attached hydrogen (secondary N) is 1. The van der Waals surface area contributed by atoms with Crippen molar-refractivity contribution in [2.75, 3.05) is 13.2 Å². The topological polar surface area (TPSA) is 64.3 Å². The van der Waals surface area contributed by atoms with Crippen LogP contribution >= 0.6 is 15.9 Å². The van der Waals surface area contributed by atoms with Crippen molar-refractivity contribution in [3.63, 3.8) is 0 Å². The Morgan fingerprint density at radius 1 is 1.55 bits per heavy atom. The lowest BCUT2D eigenvalue weighted by Gasteiger charge is -2.24. The molecule has 1 heterocycles. The van der Waals surface area contributed by atoms with E-state index < -0.39 is 17.8 Å². The molecule has 0 aromatic heterocycles. The summed E-state index contributed by atoms with van der Waals surface area (Å²) in [6.07, 6.45) is 1.10. The van der Waals surface area contributed by atoms with Crippen LogP contribution in [0.15, 0.2) is 22.7 Å². The Morgan fingerprint density at radius 2 is 2.27 bits per heavy atom. The molecule has 1 saturated heterocycles. The number of benzene rings is 1. The second-order valence-electron chi connectivity index (χ2n) is 6.04. The van der Waals surface area contributed by atoms with Crippen molar-refractivity contribution in [3.8, 4) is 0 Å². The van der Waals surface area contributed by atoms with E-state index in [1.54, 1.807) is 12.1 Å². The highest BCUT2D eigenvalue weighted by Gasteiger charge is 2.32. The monoisotopic (exact) mass is 372 g/mol. The lowest BCUT2D eigenvalue weighted by Crippen LogP contribution is -2.39. The van der Waals surface area contributed by atoms with Crippen molar-refractivity contribution in [2.24, 2.45) is 17.6 Å². The lowest BCUT2D eigenvalue weighted by molar-refractivity contribution is -0.120. The fourth-order valence-electron chi connectivity index (χ4n) is 2.98. The normalized spacial score (nSPS) is 23.0. The second-order valence-corrected chi connectivity index (χ2v) is 6.95. The SMILES string of the molecule is CC(C)[C@H]1OCC[C@@H]1CN[C@@H](C(N)=O)c1ccc(Br)cc1F. The van der Waals surface area contributed by atoms with Gasteiger partial charge in [0.25, 0.3) is 0 Å². The molecule has 22 heavy (non-hydrogen) atoms. The number of primary amides is 1. The Bertz CT molecular complexity index is 539. The summed E-state index contributed by atoms with van der Waals surface area (Å²) in [5, 5.41) is 3.11. The minimum absolute atomic E-state index is 0.163. The highest BCUT2D eigenvalue weighted by atomic mass is 79.9. The fourth-order valence-corrected chi connectivity index (χ4v) is 3.31. The first kappa shape index (κ1) is 17.4. The maximum absolute atomic E-state index is 14.1. The van der Waals surface area contributed by atoms with Gasteiger partial charge in [-0.2, -0.15) is 0 Å². The predicted molar refractivity (Wildman–Crippen MR) is 86.7 cm³/mol. The van der Waals surface area contributed by atoms with Crippen LogP contribution < -0.4 is 11.1 Å². The summed E-state index contributed by atoms with van der Waals surface area (Å²) in [7, 11) is 0. The average Bonchev–Trinajstić information content (AvgIpc) is 2.89. The number of amides is 1. The zero-order valence-corrected chi connectivity index (χ0v) is 14.4. The number of hydrogen-bond acceptors (Lipinski definition) is 3. The smallest absolute Gasteiger partial charge is 0.239 e. The zero-order valence-electron chi connectivity index (χ0n) is 12.8. The Kier molecular flexibility index (Phi) is 5.94. The van der Waals surface area contributed by atoms with Crippen LogP contribution in [-0.4, -0.2) is 25.2 Å². The molecule has 4 nitrogen and oxygen atoms in total. The number of nitrogens with two attached hydrogens (primary N) is 1. The van der Waals surface area contributed by atoms with E-state index in [0.29, 0.717) is 22.9 Å². The first-order valence-corrected chi connectivity index (χ1v) is 8.28. The van der Waals surface area contributed by atoms with E-state index in [0.717, 1.165) is 13.0 Å². The van der Waals surface area contributed by atoms with Crippen molar-refractivity contribution >= 4 is 21.8 Å². The Labute approximate surface area is 138 Å². The van der Waals surface area contributed by atoms with E-state index in [1.807, 2.05) is 0 Å². The molecule has 0 spiro atoms. The molecule has 1 fully saturated rings. The molecule has 122 valence electrons. The van der Waals surface area contributed by atoms with Crippen LogP contribution in [0.4, 0.5) is 4.39 Å². The maximum Gasteiger partial charge on any atom is 0.239 e. The van der Waals surface area contributed by atoms with Crippen LogP contribution in [0.2, 0.25) is 0 Å². The minimum atomic E-state index is -0.832. The molecule has 3 atom stereocenters. The highest BCUT2D eigenvalue weighted by Crippen LogP contribution is 2.27. The van der Waals surface area contributed by atoms with Gasteiger partial charge >= 0.3 is 0 Å². The average molecular weight is 373 g/mol. The Hall–Kier alpha value is -0.980. The molecule has 0 bridgehead atoms. The van der Waals surface area contributed by atoms with Crippen molar-refractivity contribution in [2.45, 2.75) is 32.4 Å². The van der Waals surface area contributed by atoms with Crippen molar-refractivity contribution in [1.29, 1.82) is 0 Å². The maximum atomic E-state index is 14.1. The van der Waals surface area contributed by atoms with Crippen LogP contribution in [0.25, 0.3) is 0 Å². The molecule has 0 unspecified atom stereocenters. The van der Waals surface area contributed by atoms with E-state index in [1.165, 1.54) is 6.07 Å². The summed E-state index contributed by atoms with van der Waals surface area (Å²) < 4.78 is 20.4. The van der Waals surface area contributed by atoms with E-state index in [9.17, 15) is 9.18 Å². The van der Waals surface area contributed by atoms with Crippen LogP contribution in [0.3, 0.4) is 0 Å². The van der Waals surface area contributed by atoms with E-state index in [4.69, 9.17) is 10.5 Å². The molecular weight excluding hydrogens is 351 g/mol. The van der Waals surface area contributed by atoms with Gasteiger partial charge in [-0.15, -0.1) is 0 Å². The van der Waals surface area contributed by atoms with Crippen molar-refractivity contribution < 1.29 is 13.9 Å². The summed E-state index contributed by atoms with van der Waals surface area (Å²) in [5.41, 5.74) is 5.72. The number of hydrogen-bond donors (Lipinski definition) is 2. The number of rotatable bonds is 6.